The predicted octanol–water partition coefficient (Wildman–Crippen LogP) is 1.64. The van der Waals surface area contributed by atoms with Crippen LogP contribution >= 0.6 is 0 Å². The largest absolute Gasteiger partial charge is 0.285 e. The number of allylic oxidation sites excluding steroid dienone is 2. The molecule has 79 valence electrons. The Balaban J connectivity index is 2.78. The molecule has 1 radical (unpaired) electrons. The molecule has 0 aliphatic rings. The molecule has 0 saturated heterocycles. The predicted molar refractivity (Wildman–Crippen MR) is 68.1 cm³/mol. The highest BCUT2D eigenvalue weighted by Gasteiger charge is 1.99. The van der Waals surface area contributed by atoms with Crippen LogP contribution < -0.4 is 5.19 Å². The lowest BCUT2D eigenvalue weighted by atomic mass is 10.2. The fourth-order valence-corrected chi connectivity index (χ4v) is 3.42. The molecule has 0 saturated carbocycles. The molecule has 0 N–H and O–H groups in total. The molecule has 0 spiro atoms. The zero-order chi connectivity index (χ0) is 11.1. The second kappa shape index (κ2) is 6.35. The van der Waals surface area contributed by atoms with Crippen LogP contribution in [-0.2, 0) is 4.79 Å². The van der Waals surface area contributed by atoms with E-state index in [0.29, 0.717) is 5.56 Å². The van der Waals surface area contributed by atoms with Crippen molar-refractivity contribution in [1.29, 1.82) is 0 Å². The molecular weight excluding hydrogens is 200 g/mol. The summed E-state index contributed by atoms with van der Waals surface area (Å²) in [6.07, 6.45) is 6.51. The van der Waals surface area contributed by atoms with Gasteiger partial charge in [-0.3, -0.25) is 4.79 Å². The van der Waals surface area contributed by atoms with Gasteiger partial charge in [-0.15, -0.1) is 0 Å². The van der Waals surface area contributed by atoms with Crippen molar-refractivity contribution in [3.8, 4) is 0 Å². The van der Waals surface area contributed by atoms with Gasteiger partial charge in [0.1, 0.15) is 0 Å². The van der Waals surface area contributed by atoms with Crippen molar-refractivity contribution in [2.75, 3.05) is 0 Å². The lowest BCUT2D eigenvalue weighted by Gasteiger charge is -2.04. The van der Waals surface area contributed by atoms with Gasteiger partial charge in [0.2, 0.25) is 6.29 Å². The lowest BCUT2D eigenvalue weighted by molar-refractivity contribution is 0.563. The topological polar surface area (TPSA) is 17.1 Å². The van der Waals surface area contributed by atoms with Crippen molar-refractivity contribution in [2.24, 2.45) is 0 Å². The second-order valence-electron chi connectivity index (χ2n) is 3.60. The quantitative estimate of drug-likeness (QED) is 0.685. The normalized spacial score (nSPS) is 12.3. The maximum atomic E-state index is 10.5. The number of hydrogen-bond donors (Lipinski definition) is 0. The average Bonchev–Trinajstić information content (AvgIpc) is 2.29. The van der Waals surface area contributed by atoms with E-state index in [1.165, 1.54) is 5.19 Å². The van der Waals surface area contributed by atoms with Crippen LogP contribution in [0.2, 0.25) is 0 Å². The van der Waals surface area contributed by atoms with Crippen molar-refractivity contribution in [3.63, 3.8) is 0 Å². The Morgan fingerprint density at radius 2 is 2.27 bits per heavy atom. The molecule has 0 aliphatic carbocycles. The maximum Gasteiger partial charge on any atom is 0.233 e. The fourth-order valence-electron chi connectivity index (χ4n) is 1.64. The maximum absolute atomic E-state index is 10.5. The standard InChI is InChI=1S/C13H17OSi/c1-3-6-12(4-2)15-13-8-5-7-11(9-13)10-14/h5-9H,3-4,15H2,1-2H3/b12-6+. The number of benzene rings is 1. The van der Waals surface area contributed by atoms with Crippen LogP contribution in [0.1, 0.15) is 32.3 Å². The Hall–Kier alpha value is -1.15. The van der Waals surface area contributed by atoms with E-state index < -0.39 is 0 Å². The summed E-state index contributed by atoms with van der Waals surface area (Å²) in [5.41, 5.74) is 0.673. The van der Waals surface area contributed by atoms with Gasteiger partial charge in [-0.05, 0) is 12.8 Å². The van der Waals surface area contributed by atoms with E-state index in [9.17, 15) is 4.79 Å². The first-order valence-electron chi connectivity index (χ1n) is 5.45. The van der Waals surface area contributed by atoms with Crippen LogP contribution in [0.4, 0.5) is 0 Å². The zero-order valence-corrected chi connectivity index (χ0v) is 10.8. The van der Waals surface area contributed by atoms with E-state index in [0.717, 1.165) is 12.8 Å². The Bertz CT molecular complexity index is 355. The first-order valence-corrected chi connectivity index (χ1v) is 6.86. The van der Waals surface area contributed by atoms with Crippen LogP contribution in [0.3, 0.4) is 0 Å². The third-order valence-electron chi connectivity index (χ3n) is 2.42. The van der Waals surface area contributed by atoms with E-state index in [2.05, 4.69) is 26.0 Å². The van der Waals surface area contributed by atoms with Crippen molar-refractivity contribution >= 4 is 21.0 Å². The molecule has 0 bridgehead atoms. The minimum Gasteiger partial charge on any atom is -0.285 e. The molecular formula is C13H17OSi. The summed E-state index contributed by atoms with van der Waals surface area (Å²) in [5.74, 6) is 0. The van der Waals surface area contributed by atoms with E-state index in [-0.39, 0.29) is 9.52 Å². The third kappa shape index (κ3) is 3.84. The zero-order valence-electron chi connectivity index (χ0n) is 9.42. The van der Waals surface area contributed by atoms with E-state index in [1.54, 1.807) is 11.3 Å². The summed E-state index contributed by atoms with van der Waals surface area (Å²) in [7, 11) is -0.357. The van der Waals surface area contributed by atoms with Crippen LogP contribution in [0, 0.1) is 0 Å². The minimum absolute atomic E-state index is 0.357. The highest BCUT2D eigenvalue weighted by atomic mass is 28.2. The summed E-state index contributed by atoms with van der Waals surface area (Å²) in [4.78, 5) is 10.5. The molecule has 1 aromatic rings. The third-order valence-corrected chi connectivity index (χ3v) is 4.51. The molecule has 0 atom stereocenters. The molecule has 1 aromatic carbocycles. The second-order valence-corrected chi connectivity index (χ2v) is 5.68. The van der Waals surface area contributed by atoms with Crippen molar-refractivity contribution in [3.05, 3.63) is 41.1 Å². The monoisotopic (exact) mass is 217 g/mol. The van der Waals surface area contributed by atoms with Crippen molar-refractivity contribution in [2.45, 2.75) is 26.7 Å². The molecule has 0 fully saturated rings. The first kappa shape index (κ1) is 11.9. The van der Waals surface area contributed by atoms with Gasteiger partial charge in [0.25, 0.3) is 0 Å². The smallest absolute Gasteiger partial charge is 0.233 e. The molecule has 0 amide bonds. The van der Waals surface area contributed by atoms with Gasteiger partial charge >= 0.3 is 0 Å². The van der Waals surface area contributed by atoms with Crippen LogP contribution in [0.5, 0.6) is 0 Å². The van der Waals surface area contributed by atoms with Crippen LogP contribution in [0.15, 0.2) is 35.5 Å². The van der Waals surface area contributed by atoms with Gasteiger partial charge in [-0.1, -0.05) is 54.6 Å². The molecule has 0 unspecified atom stereocenters. The van der Waals surface area contributed by atoms with Crippen LogP contribution in [-0.4, -0.2) is 15.8 Å². The average molecular weight is 217 g/mol. The Labute approximate surface area is 94.0 Å². The molecule has 1 nitrogen and oxygen atoms in total. The number of rotatable bonds is 5. The summed E-state index contributed by atoms with van der Waals surface area (Å²) in [6, 6.07) is 7.84. The molecule has 15 heavy (non-hydrogen) atoms. The summed E-state index contributed by atoms with van der Waals surface area (Å²) in [5, 5.41) is 2.90. The van der Waals surface area contributed by atoms with E-state index in [1.807, 2.05) is 18.4 Å². The van der Waals surface area contributed by atoms with E-state index >= 15 is 0 Å². The van der Waals surface area contributed by atoms with Crippen molar-refractivity contribution < 1.29 is 4.79 Å². The summed E-state index contributed by atoms with van der Waals surface area (Å²) < 4.78 is 0. The molecule has 0 aromatic heterocycles. The first-order chi connectivity index (χ1) is 7.30. The highest BCUT2D eigenvalue weighted by molar-refractivity contribution is 6.61. The molecule has 1 rings (SSSR count). The summed E-state index contributed by atoms with van der Waals surface area (Å²) in [6.45, 7) is 4.36. The van der Waals surface area contributed by atoms with Gasteiger partial charge in [0.05, 0.1) is 9.52 Å². The number of hydrogen-bond acceptors (Lipinski definition) is 1. The van der Waals surface area contributed by atoms with Crippen LogP contribution in [0.25, 0.3) is 0 Å². The van der Waals surface area contributed by atoms with Gasteiger partial charge in [-0.25, -0.2) is 0 Å². The highest BCUT2D eigenvalue weighted by Crippen LogP contribution is 2.01. The molecule has 2 heteroatoms. The SMILES string of the molecule is CC/C=C(\CC)[SiH2]c1cccc([C]=O)c1. The molecule has 0 aliphatic heterocycles. The van der Waals surface area contributed by atoms with Gasteiger partial charge in [-0.2, -0.15) is 0 Å². The Morgan fingerprint density at radius 3 is 2.87 bits per heavy atom. The van der Waals surface area contributed by atoms with Gasteiger partial charge < -0.3 is 0 Å². The van der Waals surface area contributed by atoms with Gasteiger partial charge in [0, 0.05) is 5.56 Å². The summed E-state index contributed by atoms with van der Waals surface area (Å²) >= 11 is 0. The number of carbonyl (C=O) groups excluding carboxylic acids is 1. The lowest BCUT2D eigenvalue weighted by Crippen LogP contribution is -2.16. The van der Waals surface area contributed by atoms with Gasteiger partial charge in [0.15, 0.2) is 0 Å². The fraction of sp³-hybridized carbons (Fsp3) is 0.308. The Morgan fingerprint density at radius 1 is 1.47 bits per heavy atom. The minimum atomic E-state index is -0.357. The Kier molecular flexibility index (Phi) is 5.05. The van der Waals surface area contributed by atoms with E-state index in [4.69, 9.17) is 0 Å². The van der Waals surface area contributed by atoms with Crippen molar-refractivity contribution in [1.82, 2.24) is 0 Å². The molecule has 0 heterocycles.